The predicted molar refractivity (Wildman–Crippen MR) is 104 cm³/mol. The number of likely N-dealkylation sites (tertiary alicyclic amines) is 1. The van der Waals surface area contributed by atoms with Crippen molar-refractivity contribution >= 4 is 11.8 Å². The second kappa shape index (κ2) is 6.61. The van der Waals surface area contributed by atoms with E-state index in [1.54, 1.807) is 6.07 Å². The van der Waals surface area contributed by atoms with Gasteiger partial charge in [-0.1, -0.05) is 26.8 Å². The molecule has 5 heteroatoms. The lowest BCUT2D eigenvalue weighted by Crippen LogP contribution is -2.64. The first-order chi connectivity index (χ1) is 12.8. The molecule has 1 saturated carbocycles. The van der Waals surface area contributed by atoms with Gasteiger partial charge in [0.1, 0.15) is 5.69 Å². The molecule has 3 fully saturated rings. The lowest BCUT2D eigenvalue weighted by molar-refractivity contribution is -0.144. The fourth-order valence-electron chi connectivity index (χ4n) is 5.07. The molecular weight excluding hydrogens is 338 g/mol. The molecule has 0 aromatic carbocycles. The van der Waals surface area contributed by atoms with Crippen LogP contribution in [-0.2, 0) is 4.79 Å². The zero-order valence-corrected chi connectivity index (χ0v) is 16.9. The van der Waals surface area contributed by atoms with Crippen molar-refractivity contribution in [3.05, 3.63) is 29.6 Å². The molecule has 3 aliphatic rings. The molecule has 4 rings (SSSR count). The van der Waals surface area contributed by atoms with Gasteiger partial charge in [-0.15, -0.1) is 0 Å². The summed E-state index contributed by atoms with van der Waals surface area (Å²) < 4.78 is 0. The fraction of sp³-hybridized carbons (Fsp3) is 0.682. The molecule has 27 heavy (non-hydrogen) atoms. The van der Waals surface area contributed by atoms with Gasteiger partial charge in [0.25, 0.3) is 5.91 Å². The van der Waals surface area contributed by atoms with Crippen LogP contribution in [-0.4, -0.2) is 51.8 Å². The molecule has 0 spiro atoms. The Balaban J connectivity index is 1.48. The number of aromatic nitrogens is 1. The molecule has 3 heterocycles. The fourth-order valence-corrected chi connectivity index (χ4v) is 5.07. The molecule has 0 radical (unpaired) electrons. The highest BCUT2D eigenvalue weighted by Gasteiger charge is 2.53. The molecule has 5 nitrogen and oxygen atoms in total. The minimum atomic E-state index is 0.00156. The first-order valence-electron chi connectivity index (χ1n) is 10.3. The number of piperidine rings is 1. The monoisotopic (exact) mass is 369 g/mol. The zero-order valence-electron chi connectivity index (χ0n) is 16.9. The van der Waals surface area contributed by atoms with E-state index in [1.165, 1.54) is 0 Å². The number of carbonyl (C=O) groups is 2. The molecular formula is C22H31N3O2. The maximum absolute atomic E-state index is 13.2. The summed E-state index contributed by atoms with van der Waals surface area (Å²) in [5, 5.41) is 0. The van der Waals surface area contributed by atoms with Crippen molar-refractivity contribution in [3.63, 3.8) is 0 Å². The van der Waals surface area contributed by atoms with Crippen LogP contribution >= 0.6 is 0 Å². The Morgan fingerprint density at radius 3 is 2.33 bits per heavy atom. The third-order valence-electron chi connectivity index (χ3n) is 6.59. The highest BCUT2D eigenvalue weighted by molar-refractivity contribution is 5.92. The van der Waals surface area contributed by atoms with Gasteiger partial charge in [0.15, 0.2) is 0 Å². The number of rotatable bonds is 2. The van der Waals surface area contributed by atoms with Crippen LogP contribution in [0.15, 0.2) is 18.2 Å². The SMILES string of the molecule is Cc1cccc(C(=O)N2CC3CCCC(C2)N3C(=O)[C@@H]2C[C@H]2C(C)(C)C)n1. The molecule has 0 N–H and O–H groups in total. The van der Waals surface area contributed by atoms with E-state index >= 15 is 0 Å². The first kappa shape index (κ1) is 18.5. The first-order valence-corrected chi connectivity index (χ1v) is 10.3. The van der Waals surface area contributed by atoms with Gasteiger partial charge in [0, 0.05) is 36.8 Å². The Morgan fingerprint density at radius 2 is 1.78 bits per heavy atom. The molecule has 1 aromatic heterocycles. The van der Waals surface area contributed by atoms with Gasteiger partial charge >= 0.3 is 0 Å². The van der Waals surface area contributed by atoms with Gasteiger partial charge in [-0.05, 0) is 56.1 Å². The molecule has 2 unspecified atom stereocenters. The van der Waals surface area contributed by atoms with E-state index < -0.39 is 0 Å². The largest absolute Gasteiger partial charge is 0.333 e. The Kier molecular flexibility index (Phi) is 4.52. The van der Waals surface area contributed by atoms with Crippen LogP contribution in [0.2, 0.25) is 0 Å². The van der Waals surface area contributed by atoms with Crippen molar-refractivity contribution in [1.82, 2.24) is 14.8 Å². The molecule has 2 bridgehead atoms. The Morgan fingerprint density at radius 1 is 1.11 bits per heavy atom. The number of fused-ring (bicyclic) bond motifs is 2. The summed E-state index contributed by atoms with van der Waals surface area (Å²) in [4.78, 5) is 34.7. The van der Waals surface area contributed by atoms with Crippen LogP contribution < -0.4 is 0 Å². The Hall–Kier alpha value is -1.91. The summed E-state index contributed by atoms with van der Waals surface area (Å²) in [5.41, 5.74) is 1.57. The molecule has 4 atom stereocenters. The van der Waals surface area contributed by atoms with Crippen molar-refractivity contribution < 1.29 is 9.59 Å². The number of nitrogens with zero attached hydrogens (tertiary/aromatic N) is 3. The smallest absolute Gasteiger partial charge is 0.272 e. The normalized spacial score (nSPS) is 30.2. The van der Waals surface area contributed by atoms with Gasteiger partial charge in [-0.25, -0.2) is 4.98 Å². The molecule has 1 aromatic rings. The molecule has 1 aliphatic carbocycles. The van der Waals surface area contributed by atoms with E-state index in [4.69, 9.17) is 0 Å². The number of hydrogen-bond acceptors (Lipinski definition) is 3. The lowest BCUT2D eigenvalue weighted by atomic mass is 9.87. The van der Waals surface area contributed by atoms with Crippen molar-refractivity contribution in [2.75, 3.05) is 13.1 Å². The predicted octanol–water partition coefficient (Wildman–Crippen LogP) is 3.28. The minimum absolute atomic E-state index is 0.00156. The van der Waals surface area contributed by atoms with Crippen molar-refractivity contribution in [2.45, 2.75) is 65.5 Å². The van der Waals surface area contributed by atoms with Crippen LogP contribution in [0, 0.1) is 24.2 Å². The van der Waals surface area contributed by atoms with E-state index in [9.17, 15) is 9.59 Å². The number of aryl methyl sites for hydroxylation is 1. The molecule has 2 amide bonds. The van der Waals surface area contributed by atoms with Gasteiger partial charge in [0.2, 0.25) is 5.91 Å². The summed E-state index contributed by atoms with van der Waals surface area (Å²) in [6.45, 7) is 9.89. The molecule has 146 valence electrons. The summed E-state index contributed by atoms with van der Waals surface area (Å²) in [6, 6.07) is 5.92. The van der Waals surface area contributed by atoms with Crippen molar-refractivity contribution in [1.29, 1.82) is 0 Å². The number of pyridine rings is 1. The van der Waals surface area contributed by atoms with Gasteiger partial charge in [0.05, 0.1) is 0 Å². The molecule has 2 aliphatic heterocycles. The van der Waals surface area contributed by atoms with E-state index in [2.05, 4.69) is 30.7 Å². The highest BCUT2D eigenvalue weighted by atomic mass is 16.2. The van der Waals surface area contributed by atoms with Crippen molar-refractivity contribution in [2.24, 2.45) is 17.3 Å². The number of carbonyl (C=O) groups excluding carboxylic acids is 2. The third-order valence-corrected chi connectivity index (χ3v) is 6.59. The average Bonchev–Trinajstić information content (AvgIpc) is 3.40. The van der Waals surface area contributed by atoms with Crippen LogP contribution in [0.25, 0.3) is 0 Å². The van der Waals surface area contributed by atoms with E-state index in [-0.39, 0.29) is 29.3 Å². The average molecular weight is 370 g/mol. The maximum Gasteiger partial charge on any atom is 0.272 e. The van der Waals surface area contributed by atoms with Gasteiger partial charge in [-0.3, -0.25) is 9.59 Å². The summed E-state index contributed by atoms with van der Waals surface area (Å²) in [5.74, 6) is 1.03. The van der Waals surface area contributed by atoms with Crippen LogP contribution in [0.4, 0.5) is 0 Å². The van der Waals surface area contributed by atoms with E-state index in [0.717, 1.165) is 31.4 Å². The molecule has 2 saturated heterocycles. The van der Waals surface area contributed by atoms with Crippen LogP contribution in [0.5, 0.6) is 0 Å². The maximum atomic E-state index is 13.2. The lowest BCUT2D eigenvalue weighted by Gasteiger charge is -2.50. The van der Waals surface area contributed by atoms with Crippen LogP contribution in [0.1, 0.15) is 62.6 Å². The van der Waals surface area contributed by atoms with Gasteiger partial charge in [-0.2, -0.15) is 0 Å². The Labute approximate surface area is 162 Å². The highest BCUT2D eigenvalue weighted by Crippen LogP contribution is 2.52. The second-order valence-corrected chi connectivity index (χ2v) is 9.67. The van der Waals surface area contributed by atoms with Gasteiger partial charge < -0.3 is 9.80 Å². The third kappa shape index (κ3) is 3.48. The summed E-state index contributed by atoms with van der Waals surface area (Å²) in [6.07, 6.45) is 4.17. The Bertz CT molecular complexity index is 740. The number of amides is 2. The minimum Gasteiger partial charge on any atom is -0.333 e. The quantitative estimate of drug-likeness (QED) is 0.804. The van der Waals surface area contributed by atoms with Crippen molar-refractivity contribution in [3.8, 4) is 0 Å². The summed E-state index contributed by atoms with van der Waals surface area (Å²) >= 11 is 0. The van der Waals surface area contributed by atoms with E-state index in [0.29, 0.717) is 30.6 Å². The standard InChI is InChI=1S/C22H31N3O2/c1-14-7-5-10-19(23-14)21(27)24-12-15-8-6-9-16(13-24)25(15)20(26)17-11-18(17)22(2,3)4/h5,7,10,15-18H,6,8-9,11-13H2,1-4H3/t15?,16?,17-,18-/m1/s1. The number of piperazine rings is 1. The zero-order chi connectivity index (χ0) is 19.3. The topological polar surface area (TPSA) is 53.5 Å². The van der Waals surface area contributed by atoms with Crippen LogP contribution in [0.3, 0.4) is 0 Å². The van der Waals surface area contributed by atoms with E-state index in [1.807, 2.05) is 24.0 Å². The second-order valence-electron chi connectivity index (χ2n) is 9.67. The summed E-state index contributed by atoms with van der Waals surface area (Å²) in [7, 11) is 0. The number of hydrogen-bond donors (Lipinski definition) is 0.